The molecule has 0 saturated carbocycles. The highest BCUT2D eigenvalue weighted by atomic mass is 32.2. The summed E-state index contributed by atoms with van der Waals surface area (Å²) in [7, 11) is -2.08. The predicted octanol–water partition coefficient (Wildman–Crippen LogP) is -1.87. The average Bonchev–Trinajstić information content (AvgIpc) is 2.70. The van der Waals surface area contributed by atoms with Gasteiger partial charge in [-0.15, -0.1) is 0 Å². The van der Waals surface area contributed by atoms with Crippen LogP contribution >= 0.6 is 0 Å². The second-order valence-electron chi connectivity index (χ2n) is 3.99. The largest absolute Gasteiger partial charge is 0.479 e. The van der Waals surface area contributed by atoms with Gasteiger partial charge >= 0.3 is 12.0 Å². The van der Waals surface area contributed by atoms with Crippen molar-refractivity contribution in [3.8, 4) is 0 Å². The summed E-state index contributed by atoms with van der Waals surface area (Å²) in [5, 5.41) is 22.0. The molecule has 0 saturated heterocycles. The highest BCUT2D eigenvalue weighted by molar-refractivity contribution is 7.89. The van der Waals surface area contributed by atoms with Crippen molar-refractivity contribution in [3.05, 3.63) is 18.0 Å². The number of aryl methyl sites for hydroxylation is 1. The van der Waals surface area contributed by atoms with Crippen LogP contribution < -0.4 is 15.8 Å². The summed E-state index contributed by atoms with van der Waals surface area (Å²) in [6, 6.07) is -2.09. The van der Waals surface area contributed by atoms with E-state index in [1.165, 1.54) is 17.1 Å². The summed E-state index contributed by atoms with van der Waals surface area (Å²) >= 11 is 0. The number of nitrogens with one attached hydrogen (secondary N) is 2. The second kappa shape index (κ2) is 6.34. The zero-order valence-electron chi connectivity index (χ0n) is 10.6. The van der Waals surface area contributed by atoms with Crippen molar-refractivity contribution in [2.24, 2.45) is 12.2 Å². The van der Waals surface area contributed by atoms with Gasteiger partial charge in [0.2, 0.25) is 10.0 Å². The molecule has 0 aliphatic carbocycles. The average molecular weight is 305 g/mol. The van der Waals surface area contributed by atoms with E-state index in [2.05, 4.69) is 15.7 Å². The quantitative estimate of drug-likeness (QED) is 0.482. The van der Waals surface area contributed by atoms with Crippen molar-refractivity contribution in [1.29, 1.82) is 0 Å². The molecular weight excluding hydrogens is 290 g/mol. The first-order chi connectivity index (χ1) is 9.19. The van der Waals surface area contributed by atoms with Crippen LogP contribution in [0.4, 0.5) is 4.79 Å². The predicted molar refractivity (Wildman–Crippen MR) is 68.1 cm³/mol. The van der Waals surface area contributed by atoms with E-state index >= 15 is 0 Å². The maximum Gasteiger partial charge on any atom is 0.331 e. The van der Waals surface area contributed by atoms with E-state index < -0.39 is 33.8 Å². The van der Waals surface area contributed by atoms with E-state index in [1.54, 1.807) is 7.05 Å². The van der Waals surface area contributed by atoms with Gasteiger partial charge in [0, 0.05) is 25.4 Å². The zero-order chi connectivity index (χ0) is 15.3. The van der Waals surface area contributed by atoms with Gasteiger partial charge in [0.1, 0.15) is 0 Å². The van der Waals surface area contributed by atoms with Crippen LogP contribution in [-0.2, 0) is 21.9 Å². The van der Waals surface area contributed by atoms with Crippen molar-refractivity contribution >= 4 is 22.0 Å². The molecule has 0 radical (unpaired) electrons. The van der Waals surface area contributed by atoms with Crippen LogP contribution in [0.3, 0.4) is 0 Å². The number of amides is 2. The zero-order valence-corrected chi connectivity index (χ0v) is 11.4. The summed E-state index contributed by atoms with van der Waals surface area (Å²) < 4.78 is 22.7. The van der Waals surface area contributed by atoms with Crippen molar-refractivity contribution < 1.29 is 23.1 Å². The molecule has 0 fully saturated rings. The lowest BCUT2D eigenvalue weighted by Crippen LogP contribution is -2.42. The molecule has 5 N–H and O–H groups in total. The summed E-state index contributed by atoms with van der Waals surface area (Å²) in [6.07, 6.45) is 2.76. The Morgan fingerprint density at radius 2 is 2.20 bits per heavy atom. The minimum absolute atomic E-state index is 0.218. The summed E-state index contributed by atoms with van der Waals surface area (Å²) in [5.74, 6) is -1.70. The van der Waals surface area contributed by atoms with Gasteiger partial charge in [0.15, 0.2) is 6.04 Å². The molecule has 0 spiro atoms. The standard InChI is InChI=1S/C9H15N5O5S/c1-14-5-6(4-12-14)7(8(15)16)13-9(17)11-2-3-20(10,18)19/h4-5,7H,2-3H2,1H3,(H,15,16)(H2,10,18,19)(H2,11,13,17). The fourth-order valence-corrected chi connectivity index (χ4v) is 1.75. The van der Waals surface area contributed by atoms with E-state index in [0.717, 1.165) is 0 Å². The Bertz CT molecular complexity index is 596. The third-order valence-corrected chi connectivity index (χ3v) is 3.03. The Morgan fingerprint density at radius 3 is 2.65 bits per heavy atom. The molecule has 0 aliphatic rings. The van der Waals surface area contributed by atoms with Gasteiger partial charge in [-0.1, -0.05) is 0 Å². The fourth-order valence-electron chi connectivity index (χ4n) is 1.37. The first kappa shape index (κ1) is 15.9. The number of hydrogen-bond donors (Lipinski definition) is 4. The van der Waals surface area contributed by atoms with E-state index in [0.29, 0.717) is 5.56 Å². The molecule has 0 aromatic carbocycles. The molecule has 112 valence electrons. The van der Waals surface area contributed by atoms with Gasteiger partial charge in [0.05, 0.1) is 11.9 Å². The van der Waals surface area contributed by atoms with Gasteiger partial charge in [-0.2, -0.15) is 5.10 Å². The van der Waals surface area contributed by atoms with E-state index in [1.807, 2.05) is 0 Å². The van der Waals surface area contributed by atoms with E-state index in [4.69, 9.17) is 10.2 Å². The van der Waals surface area contributed by atoms with Crippen LogP contribution in [0.1, 0.15) is 11.6 Å². The van der Waals surface area contributed by atoms with Crippen molar-refractivity contribution in [1.82, 2.24) is 20.4 Å². The number of primary sulfonamides is 1. The number of carbonyl (C=O) groups is 2. The van der Waals surface area contributed by atoms with Gasteiger partial charge in [0.25, 0.3) is 0 Å². The van der Waals surface area contributed by atoms with Crippen LogP contribution in [0.2, 0.25) is 0 Å². The second-order valence-corrected chi connectivity index (χ2v) is 5.72. The lowest BCUT2D eigenvalue weighted by atomic mass is 10.1. The minimum Gasteiger partial charge on any atom is -0.479 e. The number of aromatic nitrogens is 2. The molecule has 0 aliphatic heterocycles. The minimum atomic E-state index is -3.69. The Kier molecular flexibility index (Phi) is 5.05. The molecule has 1 heterocycles. The smallest absolute Gasteiger partial charge is 0.331 e. The number of hydrogen-bond acceptors (Lipinski definition) is 5. The monoisotopic (exact) mass is 305 g/mol. The van der Waals surface area contributed by atoms with Crippen molar-refractivity contribution in [2.75, 3.05) is 12.3 Å². The molecule has 10 nitrogen and oxygen atoms in total. The molecule has 2 amide bonds. The lowest BCUT2D eigenvalue weighted by molar-refractivity contribution is -0.139. The number of carboxylic acids is 1. The van der Waals surface area contributed by atoms with Crippen LogP contribution in [-0.4, -0.2) is 47.6 Å². The number of nitrogens with zero attached hydrogens (tertiary/aromatic N) is 2. The fraction of sp³-hybridized carbons (Fsp3) is 0.444. The maximum absolute atomic E-state index is 11.5. The number of aliphatic carboxylic acids is 1. The van der Waals surface area contributed by atoms with Gasteiger partial charge in [-0.05, 0) is 0 Å². The van der Waals surface area contributed by atoms with Gasteiger partial charge in [-0.3, -0.25) is 4.68 Å². The van der Waals surface area contributed by atoms with Crippen LogP contribution in [0, 0.1) is 0 Å². The number of carboxylic acid groups (broad SMARTS) is 1. The number of sulfonamides is 1. The van der Waals surface area contributed by atoms with Crippen LogP contribution in [0.15, 0.2) is 12.4 Å². The summed E-state index contributed by atoms with van der Waals surface area (Å²) in [4.78, 5) is 22.6. The Balaban J connectivity index is 2.59. The molecule has 1 aromatic rings. The molecule has 1 atom stereocenters. The van der Waals surface area contributed by atoms with Crippen molar-refractivity contribution in [3.63, 3.8) is 0 Å². The number of nitrogens with two attached hydrogens (primary N) is 1. The highest BCUT2D eigenvalue weighted by Gasteiger charge is 2.23. The molecule has 1 rings (SSSR count). The van der Waals surface area contributed by atoms with Crippen LogP contribution in [0.25, 0.3) is 0 Å². The summed E-state index contributed by atoms with van der Waals surface area (Å²) in [6.45, 7) is -0.218. The third-order valence-electron chi connectivity index (χ3n) is 2.25. The topological polar surface area (TPSA) is 156 Å². The molecule has 0 bridgehead atoms. The Hall–Kier alpha value is -2.14. The number of carbonyl (C=O) groups excluding carboxylic acids is 1. The van der Waals surface area contributed by atoms with Gasteiger partial charge in [-0.25, -0.2) is 23.1 Å². The first-order valence-electron chi connectivity index (χ1n) is 5.45. The molecule has 1 aromatic heterocycles. The molecular formula is C9H15N5O5S. The normalized spacial score (nSPS) is 12.7. The van der Waals surface area contributed by atoms with Crippen LogP contribution in [0.5, 0.6) is 0 Å². The molecule has 20 heavy (non-hydrogen) atoms. The van der Waals surface area contributed by atoms with E-state index in [9.17, 15) is 18.0 Å². The molecule has 1 unspecified atom stereocenters. The Morgan fingerprint density at radius 1 is 1.55 bits per heavy atom. The maximum atomic E-state index is 11.5. The summed E-state index contributed by atoms with van der Waals surface area (Å²) in [5.41, 5.74) is 0.293. The Labute approximate surface area is 115 Å². The van der Waals surface area contributed by atoms with E-state index in [-0.39, 0.29) is 6.54 Å². The highest BCUT2D eigenvalue weighted by Crippen LogP contribution is 2.11. The number of rotatable bonds is 6. The first-order valence-corrected chi connectivity index (χ1v) is 7.17. The van der Waals surface area contributed by atoms with Gasteiger partial charge < -0.3 is 15.7 Å². The van der Waals surface area contributed by atoms with Crippen molar-refractivity contribution in [2.45, 2.75) is 6.04 Å². The third kappa shape index (κ3) is 5.24. The number of urea groups is 1. The lowest BCUT2D eigenvalue weighted by Gasteiger charge is -2.13. The molecule has 11 heteroatoms. The SMILES string of the molecule is Cn1cc(C(NC(=O)NCCS(N)(=O)=O)C(=O)O)cn1.